The van der Waals surface area contributed by atoms with Crippen LogP contribution in [0.25, 0.3) is 5.69 Å². The molecule has 0 radical (unpaired) electrons. The summed E-state index contributed by atoms with van der Waals surface area (Å²) in [5, 5.41) is 18.1. The highest BCUT2D eigenvalue weighted by Crippen LogP contribution is 2.37. The second-order valence-electron chi connectivity index (χ2n) is 18.4. The van der Waals surface area contributed by atoms with Crippen LogP contribution in [0.5, 0.6) is 5.75 Å². The second-order valence-corrected chi connectivity index (χ2v) is 25.2. The SMILES string of the molecule is CC1COc2ccccc2N1C(=O)C(Cl)Cl.CCNc1nc(Cl)nc(NC(C)C)n1.CCc1cccc(C)c1N(C(=O)CCl)C(C)COC.CP(=O)(O)CCC(N)C(=O)O.Cc1nn(-c2cc(NS(C)(=O)=O)c(Cl)cc2Cl)c(=O)n1C(F)F. The van der Waals surface area contributed by atoms with Gasteiger partial charge in [0.25, 0.3) is 5.91 Å². The number of aromatic nitrogens is 6. The number of amides is 2. The van der Waals surface area contributed by atoms with E-state index in [4.69, 9.17) is 94.8 Å². The topological polar surface area (TPSA) is 308 Å². The highest BCUT2D eigenvalue weighted by molar-refractivity contribution is 7.92. The summed E-state index contributed by atoms with van der Waals surface area (Å²) in [6.07, 6.45) is 1.78. The Morgan fingerprint density at radius 2 is 1.61 bits per heavy atom. The van der Waals surface area contributed by atoms with Crippen LogP contribution < -0.4 is 41.3 Å². The Labute approximate surface area is 510 Å². The first-order valence-corrected chi connectivity index (χ1v) is 31.8. The van der Waals surface area contributed by atoms with Crippen LogP contribution in [-0.2, 0) is 40.1 Å². The zero-order valence-corrected chi connectivity index (χ0v) is 53.5. The summed E-state index contributed by atoms with van der Waals surface area (Å²) in [6, 6.07) is 14.9. The van der Waals surface area contributed by atoms with Gasteiger partial charge in [-0.15, -0.1) is 16.7 Å². The molecule has 3 aromatic carbocycles. The third-order valence-electron chi connectivity index (χ3n) is 10.9. The van der Waals surface area contributed by atoms with Gasteiger partial charge in [-0.25, -0.2) is 17.8 Å². The minimum absolute atomic E-state index is 0.0223. The number of halogens is 8. The fraction of sp³-hybridized carbons (Fsp3) is 0.480. The van der Waals surface area contributed by atoms with E-state index in [1.165, 1.54) is 19.7 Å². The van der Waals surface area contributed by atoms with Crippen LogP contribution in [0.3, 0.4) is 0 Å². The van der Waals surface area contributed by atoms with Crippen molar-refractivity contribution in [2.75, 3.05) is 77.0 Å². The number of nitrogens with one attached hydrogen (secondary N) is 3. The molecule has 2 amide bonds. The zero-order valence-electron chi connectivity index (χ0n) is 47.2. The van der Waals surface area contributed by atoms with E-state index in [0.717, 1.165) is 47.8 Å². The first-order chi connectivity index (χ1) is 38.6. The van der Waals surface area contributed by atoms with Gasteiger partial charge < -0.3 is 45.6 Å². The molecule has 4 unspecified atom stereocenters. The molecule has 83 heavy (non-hydrogen) atoms. The highest BCUT2D eigenvalue weighted by atomic mass is 35.5. The largest absolute Gasteiger partial charge is 0.489 e. The van der Waals surface area contributed by atoms with Crippen molar-refractivity contribution in [1.29, 1.82) is 0 Å². The number of anilines is 5. The van der Waals surface area contributed by atoms with Crippen LogP contribution in [0.4, 0.5) is 37.7 Å². The number of hydrogen-bond acceptors (Lipinski definition) is 16. The minimum Gasteiger partial charge on any atom is -0.489 e. The maximum Gasteiger partial charge on any atom is 0.355 e. The molecule has 0 aliphatic carbocycles. The Balaban J connectivity index is 0.000000362. The smallest absolute Gasteiger partial charge is 0.355 e. The Morgan fingerprint density at radius 1 is 0.988 bits per heavy atom. The van der Waals surface area contributed by atoms with Crippen molar-refractivity contribution in [1.82, 2.24) is 29.3 Å². The van der Waals surface area contributed by atoms with E-state index in [-0.39, 0.29) is 85.5 Å². The van der Waals surface area contributed by atoms with E-state index in [9.17, 15) is 40.9 Å². The lowest BCUT2D eigenvalue weighted by Gasteiger charge is -2.35. The van der Waals surface area contributed by atoms with Gasteiger partial charge in [0.15, 0.2) is 12.2 Å². The highest BCUT2D eigenvalue weighted by Gasteiger charge is 2.32. The molecular formula is C50H69Cl6F2N12O11PS. The van der Waals surface area contributed by atoms with Crippen molar-refractivity contribution in [3.05, 3.63) is 97.4 Å². The molecule has 2 aromatic heterocycles. The maximum absolute atomic E-state index is 12.8. The van der Waals surface area contributed by atoms with Crippen molar-refractivity contribution in [3.63, 3.8) is 0 Å². The quantitative estimate of drug-likeness (QED) is 0.0331. The average Bonchev–Trinajstić information content (AvgIpc) is 3.70. The number of methoxy groups -OCH3 is 1. The Kier molecular flexibility index (Phi) is 31.0. The second kappa shape index (κ2) is 34.7. The van der Waals surface area contributed by atoms with Gasteiger partial charge in [0.1, 0.15) is 30.1 Å². The summed E-state index contributed by atoms with van der Waals surface area (Å²) in [5.74, 6) is -0.116. The number of rotatable bonds is 19. The number of fused-ring (bicyclic) bond motifs is 1. The van der Waals surface area contributed by atoms with E-state index >= 15 is 0 Å². The van der Waals surface area contributed by atoms with Gasteiger partial charge in [-0.05, 0) is 108 Å². The van der Waals surface area contributed by atoms with Gasteiger partial charge in [-0.2, -0.15) is 28.4 Å². The van der Waals surface area contributed by atoms with Crippen molar-refractivity contribution in [2.24, 2.45) is 5.73 Å². The predicted octanol–water partition coefficient (Wildman–Crippen LogP) is 9.65. The molecule has 23 nitrogen and oxygen atoms in total. The predicted molar refractivity (Wildman–Crippen MR) is 325 cm³/mol. The molecule has 462 valence electrons. The number of nitrogens with zero attached hydrogens (tertiary/aromatic N) is 8. The standard InChI is InChI=1S/C15H22ClNO2.C11H10Cl2F2N4O3S.C11H11Cl2NO2.C8H14ClN5.C5H12NO4P/c1-5-13-8-6-7-11(2)15(13)17(14(18)9-16)12(3)10-19-4;1-5-16-19(11(20)18(5)10(14)15)9-4-8(17-23(2,21)22)6(12)3-7(9)13;1-7-6-16-9-5-3-2-4-8(9)14(7)11(15)10(12)13;1-4-10-7-12-6(9)13-8(14-7)11-5(2)3;1-11(9,10)3-2-4(6)5(7)8/h6-8,12H,5,9-10H2,1-4H3;3-4,10,17H,1-2H3;2-5,7,10H,6H2,1H3;5H,4H2,1-3H3,(H2,10,11,12,13,14);4H,2-3,6H2,1H3,(H,7,8)(H,9,10). The number of nitrogens with two attached hydrogens (primary N) is 1. The molecule has 0 bridgehead atoms. The van der Waals surface area contributed by atoms with Crippen LogP contribution in [0, 0.1) is 13.8 Å². The first kappa shape index (κ1) is 74.0. The summed E-state index contributed by atoms with van der Waals surface area (Å²) in [6.45, 7) is 15.0. The molecule has 6 rings (SSSR count). The fourth-order valence-corrected chi connectivity index (χ4v) is 9.70. The monoisotopic (exact) mass is 1320 g/mol. The van der Waals surface area contributed by atoms with Gasteiger partial charge in [0, 0.05) is 32.5 Å². The molecule has 5 aromatic rings. The number of alkyl halides is 5. The number of aliphatic carboxylic acids is 1. The third kappa shape index (κ3) is 24.0. The molecule has 3 heterocycles. The van der Waals surface area contributed by atoms with Crippen LogP contribution in [0.1, 0.15) is 71.5 Å². The number of carbonyl (C=O) groups is 3. The summed E-state index contributed by atoms with van der Waals surface area (Å²) in [7, 11) is -5.11. The van der Waals surface area contributed by atoms with Crippen LogP contribution >= 0.6 is 77.0 Å². The van der Waals surface area contributed by atoms with Crippen molar-refractivity contribution in [3.8, 4) is 11.4 Å². The van der Waals surface area contributed by atoms with E-state index in [0.29, 0.717) is 35.5 Å². The number of benzene rings is 3. The summed E-state index contributed by atoms with van der Waals surface area (Å²) in [5.41, 5.74) is 7.75. The van der Waals surface area contributed by atoms with Crippen molar-refractivity contribution < 1.29 is 55.6 Å². The van der Waals surface area contributed by atoms with Gasteiger partial charge in [0.05, 0.1) is 57.7 Å². The summed E-state index contributed by atoms with van der Waals surface area (Å²) in [4.78, 5) is 69.3. The number of carboxylic acid groups (broad SMARTS) is 1. The lowest BCUT2D eigenvalue weighted by atomic mass is 10.0. The number of hydrogen-bond donors (Lipinski definition) is 6. The lowest BCUT2D eigenvalue weighted by molar-refractivity contribution is -0.138. The molecule has 1 aliphatic rings. The van der Waals surface area contributed by atoms with Crippen LogP contribution in [-0.4, -0.2) is 146 Å². The van der Waals surface area contributed by atoms with E-state index in [2.05, 4.69) is 48.4 Å². The van der Waals surface area contributed by atoms with Crippen LogP contribution in [0.2, 0.25) is 15.3 Å². The van der Waals surface area contributed by atoms with Crippen molar-refractivity contribution in [2.45, 2.75) is 104 Å². The number of sulfonamides is 1. The zero-order chi connectivity index (χ0) is 63.3. The molecule has 0 saturated heterocycles. The number of carboxylic acids is 1. The molecule has 4 atom stereocenters. The average molecular weight is 1330 g/mol. The number of ether oxygens (including phenoxy) is 2. The Bertz CT molecular complexity index is 3180. The maximum atomic E-state index is 12.8. The third-order valence-corrected chi connectivity index (χ3v) is 14.0. The molecule has 33 heteroatoms. The number of aryl methyl sites for hydroxylation is 3. The molecule has 7 N–H and O–H groups in total. The van der Waals surface area contributed by atoms with Gasteiger partial charge in [0.2, 0.25) is 33.1 Å². The van der Waals surface area contributed by atoms with Gasteiger partial charge in [-0.1, -0.05) is 83.7 Å². The Morgan fingerprint density at radius 3 is 2.13 bits per heavy atom. The lowest BCUT2D eigenvalue weighted by Crippen LogP contribution is -2.47. The summed E-state index contributed by atoms with van der Waals surface area (Å²) >= 11 is 34.6. The Hall–Kier alpha value is -5.12. The molecule has 0 saturated carbocycles. The van der Waals surface area contributed by atoms with Crippen molar-refractivity contribution >= 4 is 134 Å². The van der Waals surface area contributed by atoms with Gasteiger partial charge in [-0.3, -0.25) is 23.7 Å². The number of carbonyl (C=O) groups excluding carboxylic acids is 2. The van der Waals surface area contributed by atoms with E-state index in [1.54, 1.807) is 16.9 Å². The van der Waals surface area contributed by atoms with E-state index < -0.39 is 46.5 Å². The number of para-hydroxylation sites is 3. The van der Waals surface area contributed by atoms with Gasteiger partial charge >= 0.3 is 18.2 Å². The minimum atomic E-state index is -3.65. The first-order valence-electron chi connectivity index (χ1n) is 25.0. The molecular weight excluding hydrogens is 1260 g/mol. The van der Waals surface area contributed by atoms with E-state index in [1.807, 2.05) is 77.9 Å². The molecule has 1 aliphatic heterocycles. The normalized spacial score (nSPS) is 14.1. The molecule has 0 fully saturated rings. The molecule has 0 spiro atoms. The fourth-order valence-electron chi connectivity index (χ4n) is 7.31. The van der Waals surface area contributed by atoms with Crippen LogP contribution in [0.15, 0.2) is 59.4 Å². The summed E-state index contributed by atoms with van der Waals surface area (Å²) < 4.78 is 72.6.